The Hall–Kier alpha value is -2.66. The zero-order chi connectivity index (χ0) is 16.9. The van der Waals surface area contributed by atoms with E-state index in [2.05, 4.69) is 33.6 Å². The molecule has 0 aliphatic heterocycles. The molecule has 0 fully saturated rings. The first-order chi connectivity index (χ1) is 11.7. The average Bonchev–Trinajstić information content (AvgIpc) is 2.99. The third-order valence-corrected chi connectivity index (χ3v) is 4.03. The third kappa shape index (κ3) is 3.46. The van der Waals surface area contributed by atoms with Gasteiger partial charge in [0.2, 0.25) is 0 Å². The summed E-state index contributed by atoms with van der Waals surface area (Å²) in [5.41, 5.74) is 4.71. The molecule has 0 saturated carbocycles. The van der Waals surface area contributed by atoms with E-state index in [1.54, 1.807) is 0 Å². The maximum atomic E-state index is 12.3. The molecule has 0 aliphatic carbocycles. The molecule has 1 amide bonds. The monoisotopic (exact) mass is 322 g/mol. The van der Waals surface area contributed by atoms with Crippen LogP contribution in [0, 0.1) is 6.92 Å². The van der Waals surface area contributed by atoms with E-state index in [1.165, 1.54) is 0 Å². The number of carbonyl (C=O) groups excluding carboxylic acids is 1. The lowest BCUT2D eigenvalue weighted by Gasteiger charge is -2.08. The predicted molar refractivity (Wildman–Crippen MR) is 97.1 cm³/mol. The van der Waals surface area contributed by atoms with E-state index in [1.807, 2.05) is 43.6 Å². The van der Waals surface area contributed by atoms with Gasteiger partial charge in [0.15, 0.2) is 0 Å². The van der Waals surface area contributed by atoms with Crippen molar-refractivity contribution in [2.24, 2.45) is 0 Å². The fraction of sp³-hybridized carbons (Fsp3) is 0.263. The Labute approximate surface area is 141 Å². The van der Waals surface area contributed by atoms with Crippen LogP contribution in [-0.2, 0) is 0 Å². The third-order valence-electron chi connectivity index (χ3n) is 4.03. The quantitative estimate of drug-likeness (QED) is 0.611. The van der Waals surface area contributed by atoms with Crippen molar-refractivity contribution < 1.29 is 4.79 Å². The van der Waals surface area contributed by atoms with E-state index < -0.39 is 0 Å². The topological polar surface area (TPSA) is 69.8 Å². The van der Waals surface area contributed by atoms with E-state index in [4.69, 9.17) is 0 Å². The van der Waals surface area contributed by atoms with Crippen molar-refractivity contribution in [1.29, 1.82) is 0 Å². The molecule has 2 heterocycles. The van der Waals surface area contributed by atoms with Crippen LogP contribution in [0.2, 0.25) is 0 Å². The van der Waals surface area contributed by atoms with Gasteiger partial charge in [-0.2, -0.15) is 0 Å². The van der Waals surface area contributed by atoms with Crippen LogP contribution in [0.25, 0.3) is 22.2 Å². The van der Waals surface area contributed by atoms with E-state index in [0.717, 1.165) is 40.8 Å². The molecule has 3 aromatic rings. The summed E-state index contributed by atoms with van der Waals surface area (Å²) in [5.74, 6) is -0.0541. The van der Waals surface area contributed by atoms with Crippen LogP contribution in [0.3, 0.4) is 0 Å². The number of hydrogen-bond acceptors (Lipinski definition) is 3. The van der Waals surface area contributed by atoms with Crippen LogP contribution in [0.1, 0.15) is 22.8 Å². The van der Waals surface area contributed by atoms with Gasteiger partial charge in [0.05, 0.1) is 0 Å². The van der Waals surface area contributed by atoms with Gasteiger partial charge in [-0.1, -0.05) is 19.1 Å². The number of pyridine rings is 1. The lowest BCUT2D eigenvalue weighted by molar-refractivity contribution is 0.0954. The Bertz CT molecular complexity index is 853. The molecule has 0 atom stereocenters. The lowest BCUT2D eigenvalue weighted by atomic mass is 10.0. The van der Waals surface area contributed by atoms with Crippen molar-refractivity contribution in [3.8, 4) is 11.1 Å². The van der Waals surface area contributed by atoms with Crippen molar-refractivity contribution in [2.45, 2.75) is 13.8 Å². The van der Waals surface area contributed by atoms with Gasteiger partial charge in [-0.05, 0) is 42.8 Å². The summed E-state index contributed by atoms with van der Waals surface area (Å²) in [4.78, 5) is 19.9. The molecule has 0 unspecified atom stereocenters. The minimum absolute atomic E-state index is 0.0541. The highest BCUT2D eigenvalue weighted by molar-refractivity contribution is 5.95. The standard InChI is InChI=1S/C19H22N4O/c1-3-20-7-8-21-19(24)15-6-4-5-14(9-15)16-10-17-13(2)11-22-18(17)23-12-16/h4-6,9-12,20H,3,7-8H2,1-2H3,(H,21,24)(H,22,23). The molecule has 3 N–H and O–H groups in total. The normalized spacial score (nSPS) is 10.9. The number of H-pyrrole nitrogens is 1. The molecule has 5 nitrogen and oxygen atoms in total. The summed E-state index contributed by atoms with van der Waals surface area (Å²) in [6.07, 6.45) is 3.79. The van der Waals surface area contributed by atoms with Gasteiger partial charge in [-0.3, -0.25) is 4.79 Å². The number of rotatable bonds is 6. The lowest BCUT2D eigenvalue weighted by Crippen LogP contribution is -2.31. The summed E-state index contributed by atoms with van der Waals surface area (Å²) >= 11 is 0. The van der Waals surface area contributed by atoms with E-state index in [0.29, 0.717) is 12.1 Å². The maximum Gasteiger partial charge on any atom is 0.251 e. The molecule has 0 radical (unpaired) electrons. The predicted octanol–water partition coefficient (Wildman–Crippen LogP) is 2.88. The Morgan fingerprint density at radius 3 is 2.92 bits per heavy atom. The molecule has 24 heavy (non-hydrogen) atoms. The highest BCUT2D eigenvalue weighted by Crippen LogP contribution is 2.25. The van der Waals surface area contributed by atoms with Gasteiger partial charge in [-0.25, -0.2) is 4.98 Å². The minimum Gasteiger partial charge on any atom is -0.351 e. The number of nitrogens with one attached hydrogen (secondary N) is 3. The summed E-state index contributed by atoms with van der Waals surface area (Å²) in [7, 11) is 0. The molecule has 1 aromatic carbocycles. The first kappa shape index (κ1) is 16.2. The van der Waals surface area contributed by atoms with Crippen molar-refractivity contribution in [3.05, 3.63) is 53.9 Å². The number of aromatic nitrogens is 2. The first-order valence-corrected chi connectivity index (χ1v) is 8.22. The number of nitrogens with zero attached hydrogens (tertiary/aromatic N) is 1. The number of aromatic amines is 1. The Morgan fingerprint density at radius 1 is 1.21 bits per heavy atom. The molecule has 124 valence electrons. The zero-order valence-corrected chi connectivity index (χ0v) is 14.0. The van der Waals surface area contributed by atoms with Crippen LogP contribution in [0.5, 0.6) is 0 Å². The summed E-state index contributed by atoms with van der Waals surface area (Å²) < 4.78 is 0. The molecular formula is C19H22N4O. The largest absolute Gasteiger partial charge is 0.351 e. The number of likely N-dealkylation sites (N-methyl/N-ethyl adjacent to an activating group) is 1. The molecule has 5 heteroatoms. The summed E-state index contributed by atoms with van der Waals surface area (Å²) in [6.45, 7) is 6.39. The Balaban J connectivity index is 1.81. The van der Waals surface area contributed by atoms with Crippen molar-refractivity contribution in [3.63, 3.8) is 0 Å². The number of aryl methyl sites for hydroxylation is 1. The van der Waals surface area contributed by atoms with Gasteiger partial charge < -0.3 is 15.6 Å². The Kier molecular flexibility index (Phi) is 4.91. The van der Waals surface area contributed by atoms with Crippen LogP contribution < -0.4 is 10.6 Å². The number of carbonyl (C=O) groups is 1. The SMILES string of the molecule is CCNCCNC(=O)c1cccc(-c2cnc3[nH]cc(C)c3c2)c1. The van der Waals surface area contributed by atoms with Gasteiger partial charge >= 0.3 is 0 Å². The van der Waals surface area contributed by atoms with Gasteiger partial charge in [0.25, 0.3) is 5.91 Å². The summed E-state index contributed by atoms with van der Waals surface area (Å²) in [5, 5.41) is 7.22. The molecule has 2 aromatic heterocycles. The zero-order valence-electron chi connectivity index (χ0n) is 14.0. The minimum atomic E-state index is -0.0541. The van der Waals surface area contributed by atoms with Crippen LogP contribution in [-0.4, -0.2) is 35.5 Å². The second-order valence-corrected chi connectivity index (χ2v) is 5.78. The average molecular weight is 322 g/mol. The second-order valence-electron chi connectivity index (χ2n) is 5.78. The fourth-order valence-electron chi connectivity index (χ4n) is 2.68. The molecule has 0 aliphatic rings. The molecule has 0 saturated heterocycles. The molecule has 3 rings (SSSR count). The van der Waals surface area contributed by atoms with E-state index >= 15 is 0 Å². The molecule has 0 spiro atoms. The Morgan fingerprint density at radius 2 is 2.08 bits per heavy atom. The van der Waals surface area contributed by atoms with Gasteiger partial charge in [0.1, 0.15) is 5.65 Å². The van der Waals surface area contributed by atoms with Crippen LogP contribution in [0.15, 0.2) is 42.7 Å². The maximum absolute atomic E-state index is 12.3. The molecular weight excluding hydrogens is 300 g/mol. The van der Waals surface area contributed by atoms with Gasteiger partial charge in [0, 0.05) is 42.0 Å². The number of hydrogen-bond donors (Lipinski definition) is 3. The van der Waals surface area contributed by atoms with Crippen molar-refractivity contribution >= 4 is 16.9 Å². The van der Waals surface area contributed by atoms with Gasteiger partial charge in [-0.15, -0.1) is 0 Å². The summed E-state index contributed by atoms with van der Waals surface area (Å²) in [6, 6.07) is 9.76. The highest BCUT2D eigenvalue weighted by Gasteiger charge is 2.08. The number of amides is 1. The number of benzene rings is 1. The second kappa shape index (κ2) is 7.27. The van der Waals surface area contributed by atoms with Crippen LogP contribution >= 0.6 is 0 Å². The number of fused-ring (bicyclic) bond motifs is 1. The van der Waals surface area contributed by atoms with E-state index in [-0.39, 0.29) is 5.91 Å². The first-order valence-electron chi connectivity index (χ1n) is 8.22. The molecule has 0 bridgehead atoms. The fourth-order valence-corrected chi connectivity index (χ4v) is 2.68. The van der Waals surface area contributed by atoms with E-state index in [9.17, 15) is 4.79 Å². The van der Waals surface area contributed by atoms with Crippen molar-refractivity contribution in [2.75, 3.05) is 19.6 Å². The van der Waals surface area contributed by atoms with Crippen LogP contribution in [0.4, 0.5) is 0 Å². The highest BCUT2D eigenvalue weighted by atomic mass is 16.1. The van der Waals surface area contributed by atoms with Crippen molar-refractivity contribution in [1.82, 2.24) is 20.6 Å². The smallest absolute Gasteiger partial charge is 0.251 e.